The summed E-state index contributed by atoms with van der Waals surface area (Å²) in [4.78, 5) is 16.7. The van der Waals surface area contributed by atoms with E-state index in [0.29, 0.717) is 15.6 Å². The molecule has 0 bridgehead atoms. The van der Waals surface area contributed by atoms with Gasteiger partial charge in [0.1, 0.15) is 26.9 Å². The van der Waals surface area contributed by atoms with Crippen LogP contribution >= 0.6 is 15.9 Å². The number of alkyl halides is 3. The van der Waals surface area contributed by atoms with Crippen LogP contribution in [0.4, 0.5) is 13.2 Å². The first-order valence-corrected chi connectivity index (χ1v) is 8.95. The molecule has 0 fully saturated rings. The number of nitriles is 1. The summed E-state index contributed by atoms with van der Waals surface area (Å²) in [5, 5.41) is 16.5. The summed E-state index contributed by atoms with van der Waals surface area (Å²) < 4.78 is 42.6. The molecule has 0 saturated carbocycles. The van der Waals surface area contributed by atoms with E-state index in [-0.39, 0.29) is 12.1 Å². The number of amides is 1. The molecule has 0 radical (unpaired) electrons. The normalized spacial score (nSPS) is 13.5. The van der Waals surface area contributed by atoms with E-state index in [1.807, 2.05) is 6.07 Å². The first-order valence-electron chi connectivity index (χ1n) is 8.16. The smallest absolute Gasteiger partial charge is 0.406 e. The van der Waals surface area contributed by atoms with Crippen molar-refractivity contribution < 1.29 is 22.7 Å². The number of carbonyl (C=O) groups is 1. The lowest BCUT2D eigenvalue weighted by Crippen LogP contribution is -2.48. The predicted octanol–water partition coefficient (Wildman–Crippen LogP) is 3.80. The average Bonchev–Trinajstić information content (AvgIpc) is 3.01. The lowest BCUT2D eigenvalue weighted by atomic mass is 10.0. The SMILES string of the molecule is CC(C#N)(Cn1cc2nc(Br)ccc2n1)NC(=O)c1ccc(OC(F)(F)F)cc1. The molecule has 1 unspecified atom stereocenters. The molecule has 29 heavy (non-hydrogen) atoms. The maximum Gasteiger partial charge on any atom is 0.573 e. The van der Waals surface area contributed by atoms with Gasteiger partial charge < -0.3 is 10.1 Å². The van der Waals surface area contributed by atoms with Crippen molar-refractivity contribution in [1.29, 1.82) is 5.26 Å². The molecule has 1 amide bonds. The highest BCUT2D eigenvalue weighted by molar-refractivity contribution is 9.10. The molecule has 1 aromatic carbocycles. The molecule has 3 aromatic rings. The fourth-order valence-electron chi connectivity index (χ4n) is 2.57. The third-order valence-electron chi connectivity index (χ3n) is 3.84. The quantitative estimate of drug-likeness (QED) is 0.576. The Labute approximate surface area is 171 Å². The number of pyridine rings is 1. The van der Waals surface area contributed by atoms with Gasteiger partial charge in [0.25, 0.3) is 5.91 Å². The first-order chi connectivity index (χ1) is 13.6. The van der Waals surface area contributed by atoms with Crippen LogP contribution in [0.3, 0.4) is 0 Å². The van der Waals surface area contributed by atoms with Gasteiger partial charge in [0.2, 0.25) is 0 Å². The minimum Gasteiger partial charge on any atom is -0.406 e. The Kier molecular flexibility index (Phi) is 5.48. The van der Waals surface area contributed by atoms with Crippen molar-refractivity contribution in [2.24, 2.45) is 0 Å². The molecule has 1 N–H and O–H groups in total. The second-order valence-electron chi connectivity index (χ2n) is 6.34. The molecular weight excluding hydrogens is 455 g/mol. The van der Waals surface area contributed by atoms with E-state index in [1.165, 1.54) is 23.7 Å². The summed E-state index contributed by atoms with van der Waals surface area (Å²) in [5.41, 5.74) is 0.000795. The van der Waals surface area contributed by atoms with Crippen molar-refractivity contribution in [3.05, 3.63) is 52.8 Å². The number of benzene rings is 1. The fraction of sp³-hybridized carbons (Fsp3) is 0.222. The minimum absolute atomic E-state index is 0.0402. The molecule has 2 heterocycles. The minimum atomic E-state index is -4.82. The van der Waals surface area contributed by atoms with E-state index in [1.54, 1.807) is 18.3 Å². The lowest BCUT2D eigenvalue weighted by molar-refractivity contribution is -0.274. The molecule has 0 aliphatic carbocycles. The topological polar surface area (TPSA) is 92.8 Å². The van der Waals surface area contributed by atoms with E-state index in [9.17, 15) is 23.2 Å². The van der Waals surface area contributed by atoms with Crippen molar-refractivity contribution >= 4 is 32.9 Å². The van der Waals surface area contributed by atoms with Gasteiger partial charge in [-0.25, -0.2) is 4.98 Å². The number of nitrogens with one attached hydrogen (secondary N) is 1. The summed E-state index contributed by atoms with van der Waals surface area (Å²) in [6.45, 7) is 1.56. The van der Waals surface area contributed by atoms with E-state index in [4.69, 9.17) is 0 Å². The highest BCUT2D eigenvalue weighted by Crippen LogP contribution is 2.23. The number of carbonyl (C=O) groups excluding carboxylic acids is 1. The van der Waals surface area contributed by atoms with Gasteiger partial charge in [-0.3, -0.25) is 9.48 Å². The highest BCUT2D eigenvalue weighted by atomic mass is 79.9. The van der Waals surface area contributed by atoms with Crippen LogP contribution in [-0.4, -0.2) is 32.6 Å². The summed E-state index contributed by atoms with van der Waals surface area (Å²) in [6.07, 6.45) is -3.17. The number of halogens is 4. The van der Waals surface area contributed by atoms with Gasteiger partial charge in [0.15, 0.2) is 0 Å². The van der Waals surface area contributed by atoms with Gasteiger partial charge in [0.05, 0.1) is 18.8 Å². The summed E-state index contributed by atoms with van der Waals surface area (Å²) in [6, 6.07) is 9.93. The second-order valence-corrected chi connectivity index (χ2v) is 7.15. The maximum atomic E-state index is 12.4. The van der Waals surface area contributed by atoms with E-state index >= 15 is 0 Å². The Morgan fingerprint density at radius 3 is 2.55 bits per heavy atom. The van der Waals surface area contributed by atoms with Crippen LogP contribution in [0.2, 0.25) is 0 Å². The van der Waals surface area contributed by atoms with Crippen molar-refractivity contribution in [2.75, 3.05) is 0 Å². The first kappa shape index (κ1) is 20.6. The zero-order chi connectivity index (χ0) is 21.2. The molecule has 0 saturated heterocycles. The van der Waals surface area contributed by atoms with Gasteiger partial charge >= 0.3 is 6.36 Å². The van der Waals surface area contributed by atoms with Crippen LogP contribution in [0.5, 0.6) is 5.75 Å². The molecule has 0 aliphatic heterocycles. The Hall–Kier alpha value is -3.13. The number of rotatable bonds is 5. The largest absolute Gasteiger partial charge is 0.573 e. The van der Waals surface area contributed by atoms with Crippen LogP contribution in [0.1, 0.15) is 17.3 Å². The van der Waals surface area contributed by atoms with Gasteiger partial charge in [0, 0.05) is 5.56 Å². The van der Waals surface area contributed by atoms with Crippen LogP contribution in [0.15, 0.2) is 47.2 Å². The van der Waals surface area contributed by atoms with Crippen LogP contribution < -0.4 is 10.1 Å². The molecule has 11 heteroatoms. The molecule has 0 aliphatic rings. The van der Waals surface area contributed by atoms with Crippen molar-refractivity contribution in [3.63, 3.8) is 0 Å². The van der Waals surface area contributed by atoms with Gasteiger partial charge in [-0.2, -0.15) is 10.4 Å². The average molecular weight is 468 g/mol. The number of hydrogen-bond acceptors (Lipinski definition) is 5. The number of hydrogen-bond donors (Lipinski definition) is 1. The second kappa shape index (κ2) is 7.71. The van der Waals surface area contributed by atoms with E-state index in [2.05, 4.69) is 36.1 Å². The number of aromatic nitrogens is 3. The van der Waals surface area contributed by atoms with Gasteiger partial charge in [-0.1, -0.05) is 0 Å². The third kappa shape index (κ3) is 5.23. The summed E-state index contributed by atoms with van der Waals surface area (Å²) in [5.74, 6) is -1.07. The molecule has 7 nitrogen and oxygen atoms in total. The maximum absolute atomic E-state index is 12.4. The van der Waals surface area contributed by atoms with Crippen molar-refractivity contribution in [3.8, 4) is 11.8 Å². The van der Waals surface area contributed by atoms with Crippen LogP contribution in [0, 0.1) is 11.3 Å². The fourth-order valence-corrected chi connectivity index (χ4v) is 2.89. The molecule has 150 valence electrons. The van der Waals surface area contributed by atoms with Crippen molar-refractivity contribution in [1.82, 2.24) is 20.1 Å². The van der Waals surface area contributed by atoms with E-state index < -0.39 is 23.6 Å². The molecule has 2 aromatic heterocycles. The molecule has 0 spiro atoms. The van der Waals surface area contributed by atoms with Gasteiger partial charge in [-0.05, 0) is 59.3 Å². The summed E-state index contributed by atoms with van der Waals surface area (Å²) >= 11 is 3.27. The highest BCUT2D eigenvalue weighted by Gasteiger charge is 2.31. The Morgan fingerprint density at radius 1 is 1.24 bits per heavy atom. The predicted molar refractivity (Wildman–Crippen MR) is 99.8 cm³/mol. The zero-order valence-electron chi connectivity index (χ0n) is 14.9. The number of nitrogens with zero attached hydrogens (tertiary/aromatic N) is 4. The number of ether oxygens (including phenoxy) is 1. The molecule has 3 rings (SSSR count). The monoisotopic (exact) mass is 467 g/mol. The lowest BCUT2D eigenvalue weighted by Gasteiger charge is -2.23. The third-order valence-corrected chi connectivity index (χ3v) is 4.28. The Balaban J connectivity index is 1.73. The van der Waals surface area contributed by atoms with Crippen LogP contribution in [-0.2, 0) is 6.54 Å². The molecule has 1 atom stereocenters. The number of fused-ring (bicyclic) bond motifs is 1. The summed E-state index contributed by atoms with van der Waals surface area (Å²) in [7, 11) is 0. The van der Waals surface area contributed by atoms with Crippen molar-refractivity contribution in [2.45, 2.75) is 25.4 Å². The standard InChI is InChI=1S/C18H13BrF3N5O2/c1-17(9-23,10-27-8-14-13(26-27)6-7-15(19)24-14)25-16(28)11-2-4-12(5-3-11)29-18(20,21)22/h2-8H,10H2,1H3,(H,25,28). The zero-order valence-corrected chi connectivity index (χ0v) is 16.5. The Bertz CT molecular complexity index is 1090. The molecular formula is C18H13BrF3N5O2. The van der Waals surface area contributed by atoms with Gasteiger partial charge in [-0.15, -0.1) is 13.2 Å². The Morgan fingerprint density at radius 2 is 1.93 bits per heavy atom. The van der Waals surface area contributed by atoms with Crippen LogP contribution in [0.25, 0.3) is 11.0 Å². The van der Waals surface area contributed by atoms with E-state index in [0.717, 1.165) is 12.1 Å².